The maximum Gasteiger partial charge on any atom is 0.337 e. The molecule has 7 nitrogen and oxygen atoms in total. The summed E-state index contributed by atoms with van der Waals surface area (Å²) in [5.74, 6) is -0.913. The van der Waals surface area contributed by atoms with Gasteiger partial charge in [-0.2, -0.15) is 4.31 Å². The van der Waals surface area contributed by atoms with E-state index in [9.17, 15) is 18.0 Å². The van der Waals surface area contributed by atoms with Crippen LogP contribution in [0.1, 0.15) is 23.2 Å². The molecule has 0 aliphatic carbocycles. The third-order valence-electron chi connectivity index (χ3n) is 4.42. The number of nitrogens with zero attached hydrogens (tertiary/aromatic N) is 1. The van der Waals surface area contributed by atoms with Crippen LogP contribution in [0.2, 0.25) is 0 Å². The van der Waals surface area contributed by atoms with Crippen molar-refractivity contribution < 1.29 is 27.5 Å². The Morgan fingerprint density at radius 2 is 1.75 bits per heavy atom. The standard InChI is InChI=1S/C18H18BrNO6S2/c1-25-17(21)12-2-4-14(5-3-12)26-18(22)13-8-10-20(11-9-13)28(23,24)16-7-6-15(19)27-16/h2-7,13H,8-11H2,1H3. The highest BCUT2D eigenvalue weighted by Crippen LogP contribution is 2.31. The second kappa shape index (κ2) is 8.73. The minimum Gasteiger partial charge on any atom is -0.465 e. The van der Waals surface area contributed by atoms with Gasteiger partial charge in [-0.1, -0.05) is 0 Å². The monoisotopic (exact) mass is 487 g/mol. The number of hydrogen-bond donors (Lipinski definition) is 0. The van der Waals surface area contributed by atoms with Crippen LogP contribution in [0.15, 0.2) is 44.4 Å². The van der Waals surface area contributed by atoms with Gasteiger partial charge in [0.2, 0.25) is 0 Å². The van der Waals surface area contributed by atoms with Crippen LogP contribution in [0.3, 0.4) is 0 Å². The van der Waals surface area contributed by atoms with E-state index in [4.69, 9.17) is 4.74 Å². The topological polar surface area (TPSA) is 90.0 Å². The van der Waals surface area contributed by atoms with Crippen molar-refractivity contribution in [3.63, 3.8) is 0 Å². The zero-order valence-electron chi connectivity index (χ0n) is 15.0. The first-order valence-electron chi connectivity index (χ1n) is 8.47. The van der Waals surface area contributed by atoms with Gasteiger partial charge in [0.25, 0.3) is 10.0 Å². The Hall–Kier alpha value is -1.75. The van der Waals surface area contributed by atoms with Gasteiger partial charge in [0.05, 0.1) is 22.4 Å². The minimum absolute atomic E-state index is 0.263. The zero-order valence-corrected chi connectivity index (χ0v) is 18.2. The van der Waals surface area contributed by atoms with Crippen LogP contribution >= 0.6 is 27.3 Å². The molecular weight excluding hydrogens is 470 g/mol. The van der Waals surface area contributed by atoms with Crippen molar-refractivity contribution in [3.8, 4) is 5.75 Å². The van der Waals surface area contributed by atoms with E-state index in [2.05, 4.69) is 20.7 Å². The second-order valence-electron chi connectivity index (χ2n) is 6.17. The molecule has 28 heavy (non-hydrogen) atoms. The molecule has 2 aromatic rings. The van der Waals surface area contributed by atoms with E-state index in [0.717, 1.165) is 15.1 Å². The molecule has 1 aromatic carbocycles. The Kier molecular flexibility index (Phi) is 6.54. The molecule has 150 valence electrons. The molecule has 1 saturated heterocycles. The molecule has 0 spiro atoms. The van der Waals surface area contributed by atoms with E-state index >= 15 is 0 Å². The molecule has 0 bridgehead atoms. The Morgan fingerprint density at radius 3 is 2.29 bits per heavy atom. The molecule has 0 saturated carbocycles. The summed E-state index contributed by atoms with van der Waals surface area (Å²) in [6.07, 6.45) is 0.787. The highest BCUT2D eigenvalue weighted by atomic mass is 79.9. The van der Waals surface area contributed by atoms with E-state index in [1.807, 2.05) is 0 Å². The number of esters is 2. The molecule has 1 aliphatic rings. The van der Waals surface area contributed by atoms with Crippen LogP contribution in [0.5, 0.6) is 5.75 Å². The van der Waals surface area contributed by atoms with Gasteiger partial charge in [-0.3, -0.25) is 4.79 Å². The molecule has 0 atom stereocenters. The van der Waals surface area contributed by atoms with Crippen LogP contribution in [-0.2, 0) is 19.6 Å². The van der Waals surface area contributed by atoms with Gasteiger partial charge in [0.1, 0.15) is 9.96 Å². The van der Waals surface area contributed by atoms with Crippen molar-refractivity contribution in [1.29, 1.82) is 0 Å². The van der Waals surface area contributed by atoms with Crippen molar-refractivity contribution in [2.45, 2.75) is 17.1 Å². The number of carbonyl (C=O) groups is 2. The lowest BCUT2D eigenvalue weighted by atomic mass is 9.98. The molecule has 0 amide bonds. The average Bonchev–Trinajstić information content (AvgIpc) is 3.15. The maximum absolute atomic E-state index is 12.6. The highest BCUT2D eigenvalue weighted by molar-refractivity contribution is 9.11. The lowest BCUT2D eigenvalue weighted by Gasteiger charge is -2.29. The number of halogens is 1. The normalized spacial score (nSPS) is 15.9. The highest BCUT2D eigenvalue weighted by Gasteiger charge is 2.33. The van der Waals surface area contributed by atoms with Crippen molar-refractivity contribution >= 4 is 49.2 Å². The summed E-state index contributed by atoms with van der Waals surface area (Å²) in [6, 6.07) is 9.36. The van der Waals surface area contributed by atoms with Gasteiger partial charge in [0, 0.05) is 13.1 Å². The van der Waals surface area contributed by atoms with Crippen molar-refractivity contribution in [2.24, 2.45) is 5.92 Å². The third-order valence-corrected chi connectivity index (χ3v) is 8.41. The number of hydrogen-bond acceptors (Lipinski definition) is 7. The van der Waals surface area contributed by atoms with Crippen molar-refractivity contribution in [3.05, 3.63) is 45.7 Å². The van der Waals surface area contributed by atoms with Gasteiger partial charge >= 0.3 is 11.9 Å². The van der Waals surface area contributed by atoms with Gasteiger partial charge < -0.3 is 9.47 Å². The molecule has 1 aliphatic heterocycles. The molecule has 2 heterocycles. The molecule has 1 aromatic heterocycles. The van der Waals surface area contributed by atoms with Crippen LogP contribution in [0.4, 0.5) is 0 Å². The predicted octanol–water partition coefficient (Wildman–Crippen LogP) is 3.30. The fraction of sp³-hybridized carbons (Fsp3) is 0.333. The van der Waals surface area contributed by atoms with Crippen LogP contribution in [0, 0.1) is 5.92 Å². The number of ether oxygens (including phenoxy) is 2. The summed E-state index contributed by atoms with van der Waals surface area (Å²) in [7, 11) is -2.25. The summed E-state index contributed by atoms with van der Waals surface area (Å²) < 4.78 is 37.7. The first-order chi connectivity index (χ1) is 13.3. The minimum atomic E-state index is -3.54. The number of thiophene rings is 1. The molecule has 0 N–H and O–H groups in total. The Bertz CT molecular complexity index is 962. The van der Waals surface area contributed by atoms with E-state index in [-0.39, 0.29) is 23.2 Å². The van der Waals surface area contributed by atoms with E-state index < -0.39 is 22.0 Å². The quantitative estimate of drug-likeness (QED) is 0.474. The van der Waals surface area contributed by atoms with Crippen molar-refractivity contribution in [2.75, 3.05) is 20.2 Å². The number of sulfonamides is 1. The van der Waals surface area contributed by atoms with Gasteiger partial charge in [-0.05, 0) is 65.2 Å². The second-order valence-corrected chi connectivity index (χ2v) is 10.8. The molecule has 0 unspecified atom stereocenters. The van der Waals surface area contributed by atoms with E-state index in [1.54, 1.807) is 12.1 Å². The lowest BCUT2D eigenvalue weighted by molar-refractivity contribution is -0.140. The van der Waals surface area contributed by atoms with Gasteiger partial charge in [-0.15, -0.1) is 11.3 Å². The number of carbonyl (C=O) groups excluding carboxylic acids is 2. The number of methoxy groups -OCH3 is 1. The fourth-order valence-corrected chi connectivity index (χ4v) is 6.51. The molecule has 0 radical (unpaired) electrons. The zero-order chi connectivity index (χ0) is 20.3. The first-order valence-corrected chi connectivity index (χ1v) is 11.5. The largest absolute Gasteiger partial charge is 0.465 e. The summed E-state index contributed by atoms with van der Waals surface area (Å²) in [5, 5.41) is 0. The molecular formula is C18H18BrNO6S2. The van der Waals surface area contributed by atoms with Crippen LogP contribution in [0.25, 0.3) is 0 Å². The van der Waals surface area contributed by atoms with Gasteiger partial charge in [0.15, 0.2) is 0 Å². The Labute approximate surface area is 175 Å². The summed E-state index contributed by atoms with van der Waals surface area (Å²) in [4.78, 5) is 23.8. The number of rotatable bonds is 5. The van der Waals surface area contributed by atoms with E-state index in [0.29, 0.717) is 24.2 Å². The predicted molar refractivity (Wildman–Crippen MR) is 107 cm³/mol. The SMILES string of the molecule is COC(=O)c1ccc(OC(=O)C2CCN(S(=O)(=O)c3ccc(Br)s3)CC2)cc1. The summed E-state index contributed by atoms with van der Waals surface area (Å²) in [6.45, 7) is 0.526. The first kappa shape index (κ1) is 21.0. The van der Waals surface area contributed by atoms with E-state index in [1.165, 1.54) is 35.7 Å². The smallest absolute Gasteiger partial charge is 0.337 e. The van der Waals surface area contributed by atoms with Gasteiger partial charge in [-0.25, -0.2) is 13.2 Å². The van der Waals surface area contributed by atoms with Crippen molar-refractivity contribution in [1.82, 2.24) is 4.31 Å². The summed E-state index contributed by atoms with van der Waals surface area (Å²) in [5.41, 5.74) is 0.362. The Balaban J connectivity index is 1.57. The fourth-order valence-electron chi connectivity index (χ4n) is 2.87. The van der Waals surface area contributed by atoms with Crippen LogP contribution < -0.4 is 4.74 Å². The van der Waals surface area contributed by atoms with Crippen LogP contribution in [-0.4, -0.2) is 44.9 Å². The Morgan fingerprint density at radius 1 is 1.11 bits per heavy atom. The average molecular weight is 488 g/mol. The molecule has 3 rings (SSSR count). The number of benzene rings is 1. The summed E-state index contributed by atoms with van der Waals surface area (Å²) >= 11 is 4.44. The molecule has 10 heteroatoms. The molecule has 1 fully saturated rings. The third kappa shape index (κ3) is 4.62. The maximum atomic E-state index is 12.6. The number of piperidine rings is 1. The lowest BCUT2D eigenvalue weighted by Crippen LogP contribution is -2.40.